The van der Waals surface area contributed by atoms with E-state index in [1.165, 1.54) is 5.56 Å². The van der Waals surface area contributed by atoms with Crippen molar-refractivity contribution in [1.29, 1.82) is 0 Å². The molecule has 1 N–H and O–H groups in total. The average Bonchev–Trinajstić information content (AvgIpc) is 2.39. The Morgan fingerprint density at radius 1 is 1.22 bits per heavy atom. The SMILES string of the molecule is CNCC(COC)N(C)Cc1ccc(OC)cc1. The minimum absolute atomic E-state index is 0.377. The zero-order valence-electron chi connectivity index (χ0n) is 11.8. The maximum Gasteiger partial charge on any atom is 0.118 e. The summed E-state index contributed by atoms with van der Waals surface area (Å²) in [6, 6.07) is 8.55. The van der Waals surface area contributed by atoms with Crippen LogP contribution >= 0.6 is 0 Å². The first-order chi connectivity index (χ1) is 8.71. The number of benzene rings is 1. The van der Waals surface area contributed by atoms with Gasteiger partial charge in [-0.3, -0.25) is 4.90 Å². The van der Waals surface area contributed by atoms with Gasteiger partial charge in [0, 0.05) is 26.2 Å². The number of hydrogen-bond acceptors (Lipinski definition) is 4. The Morgan fingerprint density at radius 3 is 2.39 bits per heavy atom. The lowest BCUT2D eigenvalue weighted by atomic mass is 10.2. The Morgan fingerprint density at radius 2 is 1.89 bits per heavy atom. The van der Waals surface area contributed by atoms with Crippen LogP contribution < -0.4 is 10.1 Å². The molecule has 0 aliphatic rings. The summed E-state index contributed by atoms with van der Waals surface area (Å²) in [5, 5.41) is 3.20. The average molecular weight is 252 g/mol. The van der Waals surface area contributed by atoms with Crippen LogP contribution in [0, 0.1) is 0 Å². The molecule has 0 bridgehead atoms. The van der Waals surface area contributed by atoms with Crippen molar-refractivity contribution in [3.8, 4) is 5.75 Å². The van der Waals surface area contributed by atoms with Crippen LogP contribution in [0.3, 0.4) is 0 Å². The Labute approximate surface area is 110 Å². The van der Waals surface area contributed by atoms with Gasteiger partial charge in [-0.05, 0) is 31.8 Å². The zero-order valence-corrected chi connectivity index (χ0v) is 11.8. The van der Waals surface area contributed by atoms with Gasteiger partial charge < -0.3 is 14.8 Å². The van der Waals surface area contributed by atoms with Crippen LogP contribution in [0.15, 0.2) is 24.3 Å². The number of rotatable bonds is 8. The van der Waals surface area contributed by atoms with Gasteiger partial charge in [0.05, 0.1) is 13.7 Å². The largest absolute Gasteiger partial charge is 0.497 e. The van der Waals surface area contributed by atoms with E-state index in [1.807, 2.05) is 19.2 Å². The van der Waals surface area contributed by atoms with Crippen molar-refractivity contribution in [1.82, 2.24) is 10.2 Å². The maximum atomic E-state index is 5.25. The van der Waals surface area contributed by atoms with Crippen molar-refractivity contribution in [2.75, 3.05) is 41.5 Å². The molecule has 4 nitrogen and oxygen atoms in total. The first-order valence-corrected chi connectivity index (χ1v) is 6.18. The molecule has 0 saturated carbocycles. The summed E-state index contributed by atoms with van der Waals surface area (Å²) in [6.45, 7) is 2.55. The molecular weight excluding hydrogens is 228 g/mol. The van der Waals surface area contributed by atoms with E-state index < -0.39 is 0 Å². The van der Waals surface area contributed by atoms with Crippen molar-refractivity contribution >= 4 is 0 Å². The maximum absolute atomic E-state index is 5.25. The summed E-state index contributed by atoms with van der Waals surface area (Å²) < 4.78 is 10.4. The van der Waals surface area contributed by atoms with E-state index in [2.05, 4.69) is 29.4 Å². The second kappa shape index (κ2) is 8.08. The molecule has 0 aliphatic carbocycles. The Hall–Kier alpha value is -1.10. The Balaban J connectivity index is 2.57. The van der Waals surface area contributed by atoms with Crippen LogP contribution in [0.4, 0.5) is 0 Å². The summed E-state index contributed by atoms with van der Waals surface area (Å²) >= 11 is 0. The summed E-state index contributed by atoms with van der Waals surface area (Å²) in [7, 11) is 7.50. The smallest absolute Gasteiger partial charge is 0.118 e. The van der Waals surface area contributed by atoms with E-state index in [9.17, 15) is 0 Å². The van der Waals surface area contributed by atoms with Gasteiger partial charge in [-0.25, -0.2) is 0 Å². The number of nitrogens with one attached hydrogen (secondary N) is 1. The molecule has 1 unspecified atom stereocenters. The highest BCUT2D eigenvalue weighted by Gasteiger charge is 2.13. The van der Waals surface area contributed by atoms with E-state index in [-0.39, 0.29) is 0 Å². The molecule has 0 radical (unpaired) electrons. The third-order valence-corrected chi connectivity index (χ3v) is 3.01. The predicted molar refractivity (Wildman–Crippen MR) is 74.1 cm³/mol. The lowest BCUT2D eigenvalue weighted by molar-refractivity contribution is 0.102. The molecule has 102 valence electrons. The van der Waals surface area contributed by atoms with E-state index in [0.717, 1.165) is 25.4 Å². The molecule has 0 amide bonds. The van der Waals surface area contributed by atoms with Crippen LogP contribution in [0.2, 0.25) is 0 Å². The van der Waals surface area contributed by atoms with Crippen molar-refractivity contribution < 1.29 is 9.47 Å². The van der Waals surface area contributed by atoms with Gasteiger partial charge in [-0.15, -0.1) is 0 Å². The quantitative estimate of drug-likeness (QED) is 0.757. The molecule has 1 aromatic carbocycles. The summed E-state index contributed by atoms with van der Waals surface area (Å²) in [4.78, 5) is 2.29. The number of hydrogen-bond donors (Lipinski definition) is 1. The van der Waals surface area contributed by atoms with Crippen LogP contribution in [0.1, 0.15) is 5.56 Å². The number of ether oxygens (including phenoxy) is 2. The minimum atomic E-state index is 0.377. The summed E-state index contributed by atoms with van der Waals surface area (Å²) in [5.74, 6) is 0.894. The predicted octanol–water partition coefficient (Wildman–Crippen LogP) is 1.36. The molecule has 4 heteroatoms. The van der Waals surface area contributed by atoms with Gasteiger partial charge in [-0.1, -0.05) is 12.1 Å². The fourth-order valence-electron chi connectivity index (χ4n) is 1.92. The first kappa shape index (κ1) is 15.0. The Kier molecular flexibility index (Phi) is 6.72. The van der Waals surface area contributed by atoms with Crippen molar-refractivity contribution in [3.63, 3.8) is 0 Å². The van der Waals surface area contributed by atoms with Crippen molar-refractivity contribution in [2.24, 2.45) is 0 Å². The fourth-order valence-corrected chi connectivity index (χ4v) is 1.92. The van der Waals surface area contributed by atoms with E-state index in [1.54, 1.807) is 14.2 Å². The van der Waals surface area contributed by atoms with Crippen LogP contribution in [-0.2, 0) is 11.3 Å². The molecule has 0 aromatic heterocycles. The third kappa shape index (κ3) is 4.64. The molecule has 0 spiro atoms. The number of likely N-dealkylation sites (N-methyl/N-ethyl adjacent to an activating group) is 2. The summed E-state index contributed by atoms with van der Waals surface area (Å²) in [5.41, 5.74) is 1.27. The number of methoxy groups -OCH3 is 2. The highest BCUT2D eigenvalue weighted by atomic mass is 16.5. The second-order valence-electron chi connectivity index (χ2n) is 4.43. The topological polar surface area (TPSA) is 33.7 Å². The lowest BCUT2D eigenvalue weighted by Crippen LogP contribution is -2.41. The molecule has 1 atom stereocenters. The molecule has 1 aromatic rings. The lowest BCUT2D eigenvalue weighted by Gasteiger charge is -2.27. The minimum Gasteiger partial charge on any atom is -0.497 e. The van der Waals surface area contributed by atoms with Crippen LogP contribution in [-0.4, -0.2) is 52.4 Å². The fraction of sp³-hybridized carbons (Fsp3) is 0.571. The van der Waals surface area contributed by atoms with Crippen LogP contribution in [0.5, 0.6) is 5.75 Å². The van der Waals surface area contributed by atoms with E-state index in [0.29, 0.717) is 6.04 Å². The van der Waals surface area contributed by atoms with Gasteiger partial charge in [0.25, 0.3) is 0 Å². The zero-order chi connectivity index (χ0) is 13.4. The second-order valence-corrected chi connectivity index (χ2v) is 4.43. The molecule has 0 heterocycles. The van der Waals surface area contributed by atoms with Gasteiger partial charge >= 0.3 is 0 Å². The third-order valence-electron chi connectivity index (χ3n) is 3.01. The van der Waals surface area contributed by atoms with Gasteiger partial charge in [0.1, 0.15) is 5.75 Å². The standard InChI is InChI=1S/C14H24N2O2/c1-15-9-13(11-17-3)16(2)10-12-5-7-14(18-4)8-6-12/h5-8,13,15H,9-11H2,1-4H3. The molecule has 1 rings (SSSR count). The normalized spacial score (nSPS) is 12.7. The van der Waals surface area contributed by atoms with Gasteiger partial charge in [-0.2, -0.15) is 0 Å². The van der Waals surface area contributed by atoms with Crippen LogP contribution in [0.25, 0.3) is 0 Å². The molecule has 18 heavy (non-hydrogen) atoms. The molecule has 0 fully saturated rings. The van der Waals surface area contributed by atoms with Crippen molar-refractivity contribution in [3.05, 3.63) is 29.8 Å². The summed E-state index contributed by atoms with van der Waals surface area (Å²) in [6.07, 6.45) is 0. The highest BCUT2D eigenvalue weighted by molar-refractivity contribution is 5.27. The highest BCUT2D eigenvalue weighted by Crippen LogP contribution is 2.13. The van der Waals surface area contributed by atoms with Gasteiger partial charge in [0.2, 0.25) is 0 Å². The Bertz CT molecular complexity index is 321. The van der Waals surface area contributed by atoms with Gasteiger partial charge in [0.15, 0.2) is 0 Å². The van der Waals surface area contributed by atoms with Crippen molar-refractivity contribution in [2.45, 2.75) is 12.6 Å². The van der Waals surface area contributed by atoms with E-state index >= 15 is 0 Å². The van der Waals surface area contributed by atoms with E-state index in [4.69, 9.17) is 9.47 Å². The molecule has 0 saturated heterocycles. The molecular formula is C14H24N2O2. The molecule has 0 aliphatic heterocycles. The first-order valence-electron chi connectivity index (χ1n) is 6.18. The monoisotopic (exact) mass is 252 g/mol. The number of nitrogens with zero attached hydrogens (tertiary/aromatic N) is 1.